The molecule has 1 amide bonds. The van der Waals surface area contributed by atoms with E-state index in [1.807, 2.05) is 0 Å². The van der Waals surface area contributed by atoms with Crippen molar-refractivity contribution in [3.05, 3.63) is 28.8 Å². The number of hydrogen-bond donors (Lipinski definition) is 1. The summed E-state index contributed by atoms with van der Waals surface area (Å²) in [5.74, 6) is -0.811. The predicted octanol–water partition coefficient (Wildman–Crippen LogP) is 1.73. The van der Waals surface area contributed by atoms with Gasteiger partial charge < -0.3 is 19.5 Å². The summed E-state index contributed by atoms with van der Waals surface area (Å²) >= 11 is 5.99. The number of halogens is 1. The molecule has 22 heavy (non-hydrogen) atoms. The van der Waals surface area contributed by atoms with Gasteiger partial charge in [-0.1, -0.05) is 17.7 Å². The summed E-state index contributed by atoms with van der Waals surface area (Å²) in [4.78, 5) is 24.7. The summed E-state index contributed by atoms with van der Waals surface area (Å²) in [5.41, 5.74) is 0.760. The van der Waals surface area contributed by atoms with Crippen LogP contribution in [0.5, 0.6) is 5.75 Å². The standard InChI is InChI=1S/C15H18ClNO5/c1-9-6-17(7-13(22-9)15(19)20)14(18)8-21-12-5-3-4-11(16)10(12)2/h3-5,9,13H,6-8H2,1-2H3,(H,19,20)/t9-,13?/m1/s1. The molecule has 0 radical (unpaired) electrons. The SMILES string of the molecule is Cc1c(Cl)cccc1OCC(=O)N1CC(C(=O)O)O[C@H](C)C1. The first kappa shape index (κ1) is 16.6. The van der Waals surface area contributed by atoms with E-state index in [9.17, 15) is 9.59 Å². The molecule has 1 saturated heterocycles. The highest BCUT2D eigenvalue weighted by atomic mass is 35.5. The maximum atomic E-state index is 12.2. The maximum Gasteiger partial charge on any atom is 0.334 e. The first-order valence-electron chi connectivity index (χ1n) is 6.92. The minimum absolute atomic E-state index is 0.0242. The molecule has 1 N–H and O–H groups in total. The molecule has 7 heteroatoms. The summed E-state index contributed by atoms with van der Waals surface area (Å²) in [5, 5.41) is 9.59. The zero-order chi connectivity index (χ0) is 16.3. The Morgan fingerprint density at radius 1 is 1.45 bits per heavy atom. The molecule has 120 valence electrons. The van der Waals surface area contributed by atoms with Crippen LogP contribution in [0.3, 0.4) is 0 Å². The zero-order valence-electron chi connectivity index (χ0n) is 12.4. The number of amides is 1. The van der Waals surface area contributed by atoms with Crippen molar-refractivity contribution in [2.45, 2.75) is 26.1 Å². The molecule has 2 rings (SSSR count). The number of nitrogens with zero attached hydrogens (tertiary/aromatic N) is 1. The molecule has 6 nitrogen and oxygen atoms in total. The number of carbonyl (C=O) groups excluding carboxylic acids is 1. The van der Waals surface area contributed by atoms with Gasteiger partial charge >= 0.3 is 5.97 Å². The Balaban J connectivity index is 1.97. The monoisotopic (exact) mass is 327 g/mol. The van der Waals surface area contributed by atoms with Gasteiger partial charge in [-0.05, 0) is 26.0 Å². The lowest BCUT2D eigenvalue weighted by Gasteiger charge is -2.34. The Labute approximate surface area is 133 Å². The fourth-order valence-electron chi connectivity index (χ4n) is 2.27. The van der Waals surface area contributed by atoms with Crippen LogP contribution in [0.15, 0.2) is 18.2 Å². The second-order valence-electron chi connectivity index (χ2n) is 5.22. The minimum Gasteiger partial charge on any atom is -0.483 e. The molecule has 1 aromatic rings. The molecule has 1 aliphatic heterocycles. The van der Waals surface area contributed by atoms with Crippen LogP contribution in [-0.2, 0) is 14.3 Å². The van der Waals surface area contributed by atoms with Crippen LogP contribution in [0.1, 0.15) is 12.5 Å². The molecule has 2 atom stereocenters. The van der Waals surface area contributed by atoms with Gasteiger partial charge in [-0.2, -0.15) is 0 Å². The molecule has 1 aromatic carbocycles. The highest BCUT2D eigenvalue weighted by Gasteiger charge is 2.32. The fourth-order valence-corrected chi connectivity index (χ4v) is 2.43. The predicted molar refractivity (Wildman–Crippen MR) is 80.2 cm³/mol. The fraction of sp³-hybridized carbons (Fsp3) is 0.467. The molecule has 0 bridgehead atoms. The van der Waals surface area contributed by atoms with Crippen molar-refractivity contribution in [1.29, 1.82) is 0 Å². The molecule has 0 spiro atoms. The van der Waals surface area contributed by atoms with E-state index in [0.717, 1.165) is 5.56 Å². The smallest absolute Gasteiger partial charge is 0.334 e. The summed E-state index contributed by atoms with van der Waals surface area (Å²) in [6.07, 6.45) is -1.33. The third-order valence-electron chi connectivity index (χ3n) is 3.46. The highest BCUT2D eigenvalue weighted by Crippen LogP contribution is 2.25. The van der Waals surface area contributed by atoms with E-state index in [-0.39, 0.29) is 25.2 Å². The van der Waals surface area contributed by atoms with E-state index >= 15 is 0 Å². The van der Waals surface area contributed by atoms with Crippen molar-refractivity contribution in [3.63, 3.8) is 0 Å². The number of carbonyl (C=O) groups is 2. The van der Waals surface area contributed by atoms with Gasteiger partial charge in [-0.15, -0.1) is 0 Å². The molecule has 1 fully saturated rings. The van der Waals surface area contributed by atoms with Gasteiger partial charge in [0.1, 0.15) is 5.75 Å². The average molecular weight is 328 g/mol. The molecule has 0 aliphatic carbocycles. The highest BCUT2D eigenvalue weighted by molar-refractivity contribution is 6.31. The summed E-state index contributed by atoms with van der Waals surface area (Å²) in [7, 11) is 0. The minimum atomic E-state index is -1.07. The Morgan fingerprint density at radius 3 is 2.86 bits per heavy atom. The number of aliphatic carboxylic acids is 1. The lowest BCUT2D eigenvalue weighted by atomic mass is 10.2. The molecular weight excluding hydrogens is 310 g/mol. The molecule has 1 heterocycles. The second-order valence-corrected chi connectivity index (χ2v) is 5.63. The average Bonchev–Trinajstić information content (AvgIpc) is 2.47. The van der Waals surface area contributed by atoms with Crippen LogP contribution in [-0.4, -0.2) is 53.8 Å². The topological polar surface area (TPSA) is 76.1 Å². The van der Waals surface area contributed by atoms with E-state index in [1.165, 1.54) is 4.90 Å². The molecule has 1 unspecified atom stereocenters. The lowest BCUT2D eigenvalue weighted by molar-refractivity contribution is -0.167. The van der Waals surface area contributed by atoms with Crippen molar-refractivity contribution < 1.29 is 24.2 Å². The molecular formula is C15H18ClNO5. The number of rotatable bonds is 4. The van der Waals surface area contributed by atoms with Gasteiger partial charge in [0.15, 0.2) is 12.7 Å². The number of ether oxygens (including phenoxy) is 2. The summed E-state index contributed by atoms with van der Waals surface area (Å²) in [6.45, 7) is 3.74. The Morgan fingerprint density at radius 2 is 2.18 bits per heavy atom. The van der Waals surface area contributed by atoms with Crippen molar-refractivity contribution in [1.82, 2.24) is 4.90 Å². The van der Waals surface area contributed by atoms with E-state index in [0.29, 0.717) is 17.3 Å². The number of carboxylic acid groups (broad SMARTS) is 1. The molecule has 0 saturated carbocycles. The van der Waals surface area contributed by atoms with E-state index in [2.05, 4.69) is 0 Å². The maximum absolute atomic E-state index is 12.2. The number of benzene rings is 1. The number of carboxylic acids is 1. The number of hydrogen-bond acceptors (Lipinski definition) is 4. The van der Waals surface area contributed by atoms with Crippen LogP contribution in [0.4, 0.5) is 0 Å². The first-order valence-corrected chi connectivity index (χ1v) is 7.30. The third kappa shape index (κ3) is 3.90. The normalized spacial score (nSPS) is 21.5. The van der Waals surface area contributed by atoms with Crippen molar-refractivity contribution in [2.24, 2.45) is 0 Å². The van der Waals surface area contributed by atoms with E-state index < -0.39 is 12.1 Å². The van der Waals surface area contributed by atoms with E-state index in [4.69, 9.17) is 26.2 Å². The molecule has 1 aliphatic rings. The summed E-state index contributed by atoms with van der Waals surface area (Å²) < 4.78 is 10.8. The van der Waals surface area contributed by atoms with Gasteiger partial charge in [0, 0.05) is 17.1 Å². The van der Waals surface area contributed by atoms with Crippen LogP contribution >= 0.6 is 11.6 Å². The number of morpholine rings is 1. The van der Waals surface area contributed by atoms with Crippen molar-refractivity contribution >= 4 is 23.5 Å². The zero-order valence-corrected chi connectivity index (χ0v) is 13.2. The third-order valence-corrected chi connectivity index (χ3v) is 3.87. The van der Waals surface area contributed by atoms with Gasteiger partial charge in [-0.3, -0.25) is 4.79 Å². The van der Waals surface area contributed by atoms with Gasteiger partial charge in [0.25, 0.3) is 5.91 Å². The second kappa shape index (κ2) is 6.98. The Bertz CT molecular complexity index is 577. The first-order chi connectivity index (χ1) is 10.4. The largest absolute Gasteiger partial charge is 0.483 e. The van der Waals surface area contributed by atoms with Crippen LogP contribution < -0.4 is 4.74 Å². The Kier molecular flexibility index (Phi) is 5.26. The van der Waals surface area contributed by atoms with Crippen molar-refractivity contribution in [2.75, 3.05) is 19.7 Å². The lowest BCUT2D eigenvalue weighted by Crippen LogP contribution is -2.52. The quantitative estimate of drug-likeness (QED) is 0.911. The molecule has 0 aromatic heterocycles. The Hall–Kier alpha value is -1.79. The van der Waals surface area contributed by atoms with Gasteiger partial charge in [-0.25, -0.2) is 4.79 Å². The van der Waals surface area contributed by atoms with Crippen LogP contribution in [0.25, 0.3) is 0 Å². The van der Waals surface area contributed by atoms with Gasteiger partial charge in [0.2, 0.25) is 0 Å². The van der Waals surface area contributed by atoms with Crippen LogP contribution in [0.2, 0.25) is 5.02 Å². The van der Waals surface area contributed by atoms with Crippen LogP contribution in [0, 0.1) is 6.92 Å². The van der Waals surface area contributed by atoms with Gasteiger partial charge in [0.05, 0.1) is 12.6 Å². The summed E-state index contributed by atoms with van der Waals surface area (Å²) in [6, 6.07) is 5.22. The van der Waals surface area contributed by atoms with E-state index in [1.54, 1.807) is 32.0 Å². The van der Waals surface area contributed by atoms with Crippen molar-refractivity contribution in [3.8, 4) is 5.75 Å².